The fourth-order valence-corrected chi connectivity index (χ4v) is 2.95. The van der Waals surface area contributed by atoms with Crippen molar-refractivity contribution in [1.29, 1.82) is 0 Å². The SMILES string of the molecule is O=C(Cc1ccc(Cl)cc1)Nc1cccc(-c2cn3ccccc3n2)c1. The minimum Gasteiger partial charge on any atom is -0.326 e. The molecule has 4 aromatic rings. The fourth-order valence-electron chi connectivity index (χ4n) is 2.82. The van der Waals surface area contributed by atoms with Crippen LogP contribution in [0.3, 0.4) is 0 Å². The minimum atomic E-state index is -0.0699. The topological polar surface area (TPSA) is 46.4 Å². The molecule has 0 bridgehead atoms. The van der Waals surface area contributed by atoms with E-state index in [2.05, 4.69) is 10.3 Å². The van der Waals surface area contributed by atoms with Crippen LogP contribution in [0, 0.1) is 0 Å². The number of pyridine rings is 1. The molecule has 0 aliphatic heterocycles. The molecule has 0 fully saturated rings. The van der Waals surface area contributed by atoms with Gasteiger partial charge in [-0.05, 0) is 42.0 Å². The van der Waals surface area contributed by atoms with Crippen molar-refractivity contribution in [2.45, 2.75) is 6.42 Å². The van der Waals surface area contributed by atoms with Gasteiger partial charge in [-0.3, -0.25) is 4.79 Å². The van der Waals surface area contributed by atoms with Gasteiger partial charge < -0.3 is 9.72 Å². The van der Waals surface area contributed by atoms with Gasteiger partial charge in [0.25, 0.3) is 0 Å². The third-order valence-corrected chi connectivity index (χ3v) is 4.34. The third kappa shape index (κ3) is 3.60. The molecule has 5 heteroatoms. The van der Waals surface area contributed by atoms with Crippen molar-refractivity contribution in [2.75, 3.05) is 5.32 Å². The van der Waals surface area contributed by atoms with Crippen molar-refractivity contribution in [3.8, 4) is 11.3 Å². The second-order valence-electron chi connectivity index (χ2n) is 6.02. The quantitative estimate of drug-likeness (QED) is 0.565. The highest BCUT2D eigenvalue weighted by Crippen LogP contribution is 2.22. The van der Waals surface area contributed by atoms with Gasteiger partial charge in [-0.1, -0.05) is 41.9 Å². The highest BCUT2D eigenvalue weighted by Gasteiger charge is 2.08. The Balaban J connectivity index is 1.51. The van der Waals surface area contributed by atoms with Crippen LogP contribution in [-0.4, -0.2) is 15.3 Å². The Morgan fingerprint density at radius 3 is 2.69 bits per heavy atom. The highest BCUT2D eigenvalue weighted by atomic mass is 35.5. The van der Waals surface area contributed by atoms with Gasteiger partial charge in [-0.15, -0.1) is 0 Å². The number of anilines is 1. The lowest BCUT2D eigenvalue weighted by Gasteiger charge is -2.07. The smallest absolute Gasteiger partial charge is 0.228 e. The molecule has 1 N–H and O–H groups in total. The normalized spacial score (nSPS) is 10.8. The van der Waals surface area contributed by atoms with Gasteiger partial charge in [0.1, 0.15) is 5.65 Å². The van der Waals surface area contributed by atoms with E-state index in [4.69, 9.17) is 11.6 Å². The van der Waals surface area contributed by atoms with Crippen LogP contribution >= 0.6 is 11.6 Å². The summed E-state index contributed by atoms with van der Waals surface area (Å²) in [5, 5.41) is 3.60. The first kappa shape index (κ1) is 16.4. The zero-order valence-electron chi connectivity index (χ0n) is 13.9. The molecule has 26 heavy (non-hydrogen) atoms. The van der Waals surface area contributed by atoms with Gasteiger partial charge in [0, 0.05) is 28.7 Å². The number of benzene rings is 2. The number of nitrogens with zero attached hydrogens (tertiary/aromatic N) is 2. The van der Waals surface area contributed by atoms with Crippen LogP contribution in [0.1, 0.15) is 5.56 Å². The number of hydrogen-bond acceptors (Lipinski definition) is 2. The molecule has 4 nitrogen and oxygen atoms in total. The van der Waals surface area contributed by atoms with E-state index in [0.29, 0.717) is 11.4 Å². The van der Waals surface area contributed by atoms with Gasteiger partial charge >= 0.3 is 0 Å². The van der Waals surface area contributed by atoms with Crippen molar-refractivity contribution in [2.24, 2.45) is 0 Å². The van der Waals surface area contributed by atoms with Crippen molar-refractivity contribution >= 4 is 28.8 Å². The van der Waals surface area contributed by atoms with Gasteiger partial charge in [-0.25, -0.2) is 4.98 Å². The second kappa shape index (κ2) is 7.02. The number of hydrogen-bond donors (Lipinski definition) is 1. The van der Waals surface area contributed by atoms with E-state index in [1.807, 2.05) is 71.4 Å². The minimum absolute atomic E-state index is 0.0699. The Kier molecular flexibility index (Phi) is 4.42. The number of carbonyl (C=O) groups is 1. The lowest BCUT2D eigenvalue weighted by Crippen LogP contribution is -2.14. The van der Waals surface area contributed by atoms with Crippen molar-refractivity contribution < 1.29 is 4.79 Å². The number of rotatable bonds is 4. The molecule has 2 heterocycles. The highest BCUT2D eigenvalue weighted by molar-refractivity contribution is 6.30. The molecule has 0 unspecified atom stereocenters. The van der Waals surface area contributed by atoms with E-state index < -0.39 is 0 Å². The number of fused-ring (bicyclic) bond motifs is 1. The van der Waals surface area contributed by atoms with E-state index in [-0.39, 0.29) is 5.91 Å². The average Bonchev–Trinajstić information content (AvgIpc) is 3.08. The van der Waals surface area contributed by atoms with Crippen molar-refractivity contribution in [3.05, 3.63) is 89.7 Å². The summed E-state index contributed by atoms with van der Waals surface area (Å²) < 4.78 is 1.97. The van der Waals surface area contributed by atoms with Crippen LogP contribution in [0.5, 0.6) is 0 Å². The maximum atomic E-state index is 12.3. The molecule has 2 aromatic carbocycles. The molecule has 0 aliphatic carbocycles. The van der Waals surface area contributed by atoms with Crippen LogP contribution < -0.4 is 5.32 Å². The third-order valence-electron chi connectivity index (χ3n) is 4.08. The summed E-state index contributed by atoms with van der Waals surface area (Å²) in [7, 11) is 0. The summed E-state index contributed by atoms with van der Waals surface area (Å²) in [4.78, 5) is 16.9. The monoisotopic (exact) mass is 361 g/mol. The number of imidazole rings is 1. The van der Waals surface area contributed by atoms with E-state index in [9.17, 15) is 4.79 Å². The maximum absolute atomic E-state index is 12.3. The summed E-state index contributed by atoms with van der Waals surface area (Å²) >= 11 is 5.87. The molecular formula is C21H16ClN3O. The Hall–Kier alpha value is -3.11. The Bertz CT molecular complexity index is 1040. The molecule has 128 valence electrons. The average molecular weight is 362 g/mol. The lowest BCUT2D eigenvalue weighted by molar-refractivity contribution is -0.115. The Labute approximate surface area is 156 Å². The van der Waals surface area contributed by atoms with Crippen LogP contribution in [0.2, 0.25) is 5.02 Å². The fraction of sp³-hybridized carbons (Fsp3) is 0.0476. The summed E-state index contributed by atoms with van der Waals surface area (Å²) in [5.41, 5.74) is 4.38. The van der Waals surface area contributed by atoms with E-state index >= 15 is 0 Å². The number of carbonyl (C=O) groups excluding carboxylic acids is 1. The number of amides is 1. The summed E-state index contributed by atoms with van der Waals surface area (Å²) in [6, 6.07) is 20.9. The molecular weight excluding hydrogens is 346 g/mol. The zero-order chi connectivity index (χ0) is 17.9. The number of halogens is 1. The summed E-state index contributed by atoms with van der Waals surface area (Å²) in [5.74, 6) is -0.0699. The Morgan fingerprint density at radius 1 is 1.04 bits per heavy atom. The van der Waals surface area contributed by atoms with Gasteiger partial charge in [0.2, 0.25) is 5.91 Å². The van der Waals surface area contributed by atoms with E-state index in [1.165, 1.54) is 0 Å². The molecule has 4 rings (SSSR count). The zero-order valence-corrected chi connectivity index (χ0v) is 14.6. The van der Waals surface area contributed by atoms with Crippen LogP contribution in [0.15, 0.2) is 79.1 Å². The molecule has 0 spiro atoms. The van der Waals surface area contributed by atoms with Gasteiger partial charge in [-0.2, -0.15) is 0 Å². The lowest BCUT2D eigenvalue weighted by atomic mass is 10.1. The van der Waals surface area contributed by atoms with Crippen LogP contribution in [0.4, 0.5) is 5.69 Å². The van der Waals surface area contributed by atoms with Crippen molar-refractivity contribution in [3.63, 3.8) is 0 Å². The van der Waals surface area contributed by atoms with Gasteiger partial charge in [0.05, 0.1) is 12.1 Å². The maximum Gasteiger partial charge on any atom is 0.228 e. The molecule has 0 saturated heterocycles. The molecule has 1 amide bonds. The molecule has 0 saturated carbocycles. The van der Waals surface area contributed by atoms with Crippen LogP contribution in [-0.2, 0) is 11.2 Å². The second-order valence-corrected chi connectivity index (χ2v) is 6.46. The number of nitrogens with one attached hydrogen (secondary N) is 1. The predicted molar refractivity (Wildman–Crippen MR) is 104 cm³/mol. The van der Waals surface area contributed by atoms with Crippen LogP contribution in [0.25, 0.3) is 16.9 Å². The molecule has 2 aromatic heterocycles. The molecule has 0 atom stereocenters. The van der Waals surface area contributed by atoms with E-state index in [0.717, 1.165) is 28.2 Å². The standard InChI is InChI=1S/C21H16ClN3O/c22-17-9-7-15(8-10-17)12-21(26)23-18-5-3-4-16(13-18)19-14-25-11-2-1-6-20(25)24-19/h1-11,13-14H,12H2,(H,23,26). The largest absolute Gasteiger partial charge is 0.326 e. The first-order valence-corrected chi connectivity index (χ1v) is 8.64. The van der Waals surface area contributed by atoms with Gasteiger partial charge in [0.15, 0.2) is 0 Å². The first-order chi connectivity index (χ1) is 12.7. The van der Waals surface area contributed by atoms with E-state index in [1.54, 1.807) is 12.1 Å². The molecule has 0 aliphatic rings. The predicted octanol–water partition coefficient (Wildman–Crippen LogP) is 4.84. The number of aromatic nitrogens is 2. The summed E-state index contributed by atoms with van der Waals surface area (Å²) in [6.45, 7) is 0. The Morgan fingerprint density at radius 2 is 1.88 bits per heavy atom. The molecule has 0 radical (unpaired) electrons. The van der Waals surface area contributed by atoms with Crippen molar-refractivity contribution in [1.82, 2.24) is 9.38 Å². The first-order valence-electron chi connectivity index (χ1n) is 8.26. The summed E-state index contributed by atoms with van der Waals surface area (Å²) in [6.07, 6.45) is 4.24.